The third-order valence-electron chi connectivity index (χ3n) is 11.5. The second-order valence-corrected chi connectivity index (χ2v) is 14.6. The van der Waals surface area contributed by atoms with Gasteiger partial charge in [0.15, 0.2) is 0 Å². The van der Waals surface area contributed by atoms with Crippen molar-refractivity contribution in [1.29, 1.82) is 5.26 Å². The number of rotatable bonds is 4. The zero-order chi connectivity index (χ0) is 37.2. The molecule has 0 N–H and O–H groups in total. The van der Waals surface area contributed by atoms with Crippen LogP contribution in [0.4, 0.5) is 0 Å². The molecule has 0 spiro atoms. The molecule has 11 aromatic rings. The van der Waals surface area contributed by atoms with Gasteiger partial charge in [-0.2, -0.15) is 5.26 Å². The number of fused-ring (bicyclic) bond motifs is 9. The number of pyridine rings is 1. The zero-order valence-electron chi connectivity index (χ0n) is 30.4. The number of nitriles is 1. The minimum atomic E-state index is 0.656. The minimum Gasteiger partial charge on any atom is -0.247 e. The first-order valence-electron chi connectivity index (χ1n) is 19.0. The van der Waals surface area contributed by atoms with Crippen molar-refractivity contribution in [2.75, 3.05) is 0 Å². The Morgan fingerprint density at radius 3 is 1.25 bits per heavy atom. The number of benzene rings is 10. The highest BCUT2D eigenvalue weighted by Gasteiger charge is 2.20. The molecule has 0 aliphatic carbocycles. The molecule has 11 rings (SSSR count). The summed E-state index contributed by atoms with van der Waals surface area (Å²) in [6.07, 6.45) is 0. The summed E-state index contributed by atoms with van der Waals surface area (Å²) < 4.78 is 0. The highest BCUT2D eigenvalue weighted by Crippen LogP contribution is 2.45. The number of nitrogens with zero attached hydrogens (tertiary/aromatic N) is 2. The lowest BCUT2D eigenvalue weighted by atomic mass is 9.86. The Morgan fingerprint density at radius 2 is 0.714 bits per heavy atom. The lowest BCUT2D eigenvalue weighted by Crippen LogP contribution is -1.95. The predicted molar refractivity (Wildman–Crippen MR) is 236 cm³/mol. The van der Waals surface area contributed by atoms with E-state index in [9.17, 15) is 5.26 Å². The second kappa shape index (κ2) is 12.8. The maximum absolute atomic E-state index is 9.31. The molecule has 2 heteroatoms. The normalized spacial score (nSPS) is 11.6. The lowest BCUT2D eigenvalue weighted by Gasteiger charge is -2.19. The molecule has 56 heavy (non-hydrogen) atoms. The molecule has 0 radical (unpaired) electrons. The Balaban J connectivity index is 1.23. The number of hydrogen-bond donors (Lipinski definition) is 0. The van der Waals surface area contributed by atoms with E-state index in [1.807, 2.05) is 24.3 Å². The summed E-state index contributed by atoms with van der Waals surface area (Å²) in [6, 6.07) is 71.8. The molecular formula is C54H32N2. The lowest BCUT2D eigenvalue weighted by molar-refractivity contribution is 1.41. The molecule has 1 aromatic heterocycles. The molecule has 0 atom stereocenters. The van der Waals surface area contributed by atoms with E-state index in [2.05, 4.69) is 176 Å². The first-order valence-corrected chi connectivity index (χ1v) is 19.0. The molecule has 2 nitrogen and oxygen atoms in total. The quantitative estimate of drug-likeness (QED) is 0.171. The van der Waals surface area contributed by atoms with Crippen molar-refractivity contribution in [1.82, 2.24) is 4.98 Å². The fourth-order valence-corrected chi connectivity index (χ4v) is 8.77. The van der Waals surface area contributed by atoms with Gasteiger partial charge >= 0.3 is 0 Å². The van der Waals surface area contributed by atoms with Crippen LogP contribution in [0.5, 0.6) is 0 Å². The van der Waals surface area contributed by atoms with Crippen LogP contribution in [0, 0.1) is 11.3 Å². The Labute approximate surface area is 324 Å². The van der Waals surface area contributed by atoms with Crippen molar-refractivity contribution in [2.24, 2.45) is 0 Å². The van der Waals surface area contributed by atoms with Gasteiger partial charge in [0.05, 0.1) is 22.8 Å². The van der Waals surface area contributed by atoms with E-state index in [1.165, 1.54) is 65.2 Å². The van der Waals surface area contributed by atoms with Gasteiger partial charge < -0.3 is 0 Å². The topological polar surface area (TPSA) is 36.7 Å². The summed E-state index contributed by atoms with van der Waals surface area (Å²) >= 11 is 0. The summed E-state index contributed by atoms with van der Waals surface area (Å²) in [5.41, 5.74) is 10.5. The maximum atomic E-state index is 9.31. The fourth-order valence-electron chi connectivity index (χ4n) is 8.77. The van der Waals surface area contributed by atoms with Crippen molar-refractivity contribution in [2.45, 2.75) is 0 Å². The Morgan fingerprint density at radius 1 is 0.321 bits per heavy atom. The van der Waals surface area contributed by atoms with Gasteiger partial charge in [-0.3, -0.25) is 0 Å². The monoisotopic (exact) mass is 708 g/mol. The fraction of sp³-hybridized carbons (Fsp3) is 0. The predicted octanol–water partition coefficient (Wildman–Crippen LogP) is 14.5. The third kappa shape index (κ3) is 5.07. The van der Waals surface area contributed by atoms with Gasteiger partial charge in [-0.15, -0.1) is 0 Å². The van der Waals surface area contributed by atoms with E-state index in [0.29, 0.717) is 5.56 Å². The molecule has 0 aliphatic heterocycles. The van der Waals surface area contributed by atoms with Crippen LogP contribution in [-0.2, 0) is 0 Å². The van der Waals surface area contributed by atoms with Crippen LogP contribution in [0.25, 0.3) is 109 Å². The van der Waals surface area contributed by atoms with Gasteiger partial charge in [-0.1, -0.05) is 158 Å². The number of hydrogen-bond acceptors (Lipinski definition) is 2. The van der Waals surface area contributed by atoms with Crippen LogP contribution in [0.15, 0.2) is 194 Å². The van der Waals surface area contributed by atoms with Gasteiger partial charge in [0.25, 0.3) is 0 Å². The zero-order valence-corrected chi connectivity index (χ0v) is 30.4. The van der Waals surface area contributed by atoms with Gasteiger partial charge in [0.2, 0.25) is 0 Å². The van der Waals surface area contributed by atoms with Gasteiger partial charge in [0, 0.05) is 16.3 Å². The Hall–Kier alpha value is -7.60. The summed E-state index contributed by atoms with van der Waals surface area (Å²) in [4.78, 5) is 5.54. The van der Waals surface area contributed by atoms with E-state index < -0.39 is 0 Å². The standard InChI is InChI=1S/C54H32N2/c55-33-34-21-23-35(24-22-34)36-25-27-37(28-26-36)53-32-51(49-30-39-12-2-4-14-41(39)43-16-6-8-18-45(43)49)52-31-50(46-19-9-10-20-47(46)54(52)56-53)48-29-38-11-1-3-13-40(38)42-15-5-7-17-44(42)48/h1-32H. The summed E-state index contributed by atoms with van der Waals surface area (Å²) in [7, 11) is 0. The van der Waals surface area contributed by atoms with Crippen molar-refractivity contribution >= 4 is 64.8 Å². The van der Waals surface area contributed by atoms with Gasteiger partial charge in [0.1, 0.15) is 0 Å². The van der Waals surface area contributed by atoms with Crippen molar-refractivity contribution in [3.8, 4) is 50.7 Å². The molecular weight excluding hydrogens is 677 g/mol. The third-order valence-corrected chi connectivity index (χ3v) is 11.5. The SMILES string of the molecule is N#Cc1ccc(-c2ccc(-c3cc(-c4cc5ccccc5c5ccccc45)c4cc(-c5cc6ccccc6c6ccccc56)c5ccccc5c4n3)cc2)cc1. The van der Waals surface area contributed by atoms with Crippen LogP contribution in [0.1, 0.15) is 5.56 Å². The maximum Gasteiger partial charge on any atom is 0.0991 e. The molecule has 0 saturated heterocycles. The van der Waals surface area contributed by atoms with Gasteiger partial charge in [-0.05, 0) is 118 Å². The van der Waals surface area contributed by atoms with Crippen molar-refractivity contribution < 1.29 is 0 Å². The minimum absolute atomic E-state index is 0.656. The van der Waals surface area contributed by atoms with Crippen LogP contribution in [-0.4, -0.2) is 4.98 Å². The highest BCUT2D eigenvalue weighted by atomic mass is 14.7. The molecule has 10 aromatic carbocycles. The van der Waals surface area contributed by atoms with Crippen molar-refractivity contribution in [3.05, 3.63) is 200 Å². The Kier molecular flexibility index (Phi) is 7.27. The average Bonchev–Trinajstić information content (AvgIpc) is 3.28. The van der Waals surface area contributed by atoms with E-state index >= 15 is 0 Å². The number of aromatic nitrogens is 1. The Bertz CT molecular complexity index is 3410. The van der Waals surface area contributed by atoms with E-state index in [4.69, 9.17) is 4.98 Å². The van der Waals surface area contributed by atoms with E-state index in [0.717, 1.165) is 44.2 Å². The molecule has 0 fully saturated rings. The van der Waals surface area contributed by atoms with E-state index in [-0.39, 0.29) is 0 Å². The summed E-state index contributed by atoms with van der Waals surface area (Å²) in [5, 5.41) is 22.6. The molecule has 0 unspecified atom stereocenters. The van der Waals surface area contributed by atoms with Crippen LogP contribution in [0.3, 0.4) is 0 Å². The van der Waals surface area contributed by atoms with Gasteiger partial charge in [-0.25, -0.2) is 4.98 Å². The average molecular weight is 709 g/mol. The first kappa shape index (κ1) is 31.9. The molecule has 1 heterocycles. The molecule has 0 bridgehead atoms. The highest BCUT2D eigenvalue weighted by molar-refractivity contribution is 6.23. The smallest absolute Gasteiger partial charge is 0.0991 e. The summed E-state index contributed by atoms with van der Waals surface area (Å²) in [5.74, 6) is 0. The molecule has 0 saturated carbocycles. The van der Waals surface area contributed by atoms with Crippen LogP contribution in [0.2, 0.25) is 0 Å². The molecule has 0 aliphatic rings. The second-order valence-electron chi connectivity index (χ2n) is 14.6. The van der Waals surface area contributed by atoms with Crippen LogP contribution < -0.4 is 0 Å². The van der Waals surface area contributed by atoms with Crippen LogP contribution >= 0.6 is 0 Å². The largest absolute Gasteiger partial charge is 0.247 e. The van der Waals surface area contributed by atoms with E-state index in [1.54, 1.807) is 0 Å². The first-order chi connectivity index (χ1) is 27.7. The molecule has 0 amide bonds. The summed E-state index contributed by atoms with van der Waals surface area (Å²) in [6.45, 7) is 0. The molecule has 258 valence electrons. The van der Waals surface area contributed by atoms with Crippen molar-refractivity contribution in [3.63, 3.8) is 0 Å².